The number of rotatable bonds is 11. The Morgan fingerprint density at radius 1 is 1.32 bits per heavy atom. The lowest BCUT2D eigenvalue weighted by atomic mass is 9.66. The predicted molar refractivity (Wildman–Crippen MR) is 143 cm³/mol. The Kier molecular flexibility index (Phi) is 7.25. The van der Waals surface area contributed by atoms with Crippen molar-refractivity contribution in [2.75, 3.05) is 26.3 Å². The molecule has 5 rings (SSSR count). The summed E-state index contributed by atoms with van der Waals surface area (Å²) in [7, 11) is 0. The molecule has 1 N–H and O–H groups in total. The number of aliphatic hydroxyl groups is 1. The van der Waals surface area contributed by atoms with Crippen LogP contribution in [-0.4, -0.2) is 89.5 Å². The van der Waals surface area contributed by atoms with E-state index in [-0.39, 0.29) is 44.2 Å². The second-order valence-electron chi connectivity index (χ2n) is 10.5. The summed E-state index contributed by atoms with van der Waals surface area (Å²) in [6.45, 7) is 8.67. The van der Waals surface area contributed by atoms with Gasteiger partial charge in [0.05, 0.1) is 28.7 Å². The van der Waals surface area contributed by atoms with Crippen LogP contribution in [0.1, 0.15) is 39.5 Å². The molecule has 0 aliphatic carbocycles. The van der Waals surface area contributed by atoms with Gasteiger partial charge in [-0.15, -0.1) is 23.4 Å². The first-order chi connectivity index (χ1) is 18.3. The van der Waals surface area contributed by atoms with Crippen LogP contribution in [0.5, 0.6) is 0 Å². The van der Waals surface area contributed by atoms with Crippen molar-refractivity contribution >= 4 is 40.6 Å². The third kappa shape index (κ3) is 4.10. The Labute approximate surface area is 226 Å². The van der Waals surface area contributed by atoms with Crippen molar-refractivity contribution in [2.45, 2.75) is 61.7 Å². The van der Waals surface area contributed by atoms with Gasteiger partial charge in [0.15, 0.2) is 0 Å². The third-order valence-corrected chi connectivity index (χ3v) is 10.2. The number of ether oxygens (including phenoxy) is 1. The van der Waals surface area contributed by atoms with Crippen molar-refractivity contribution in [2.24, 2.45) is 11.8 Å². The van der Waals surface area contributed by atoms with E-state index >= 15 is 0 Å². The van der Waals surface area contributed by atoms with E-state index in [1.807, 2.05) is 31.2 Å². The number of para-hydroxylation sites is 1. The van der Waals surface area contributed by atoms with Crippen LogP contribution in [0.3, 0.4) is 0 Å². The van der Waals surface area contributed by atoms with Gasteiger partial charge >= 0.3 is 5.97 Å². The summed E-state index contributed by atoms with van der Waals surface area (Å²) < 4.78 is 5.94. The van der Waals surface area contributed by atoms with Crippen LogP contribution in [0.15, 0.2) is 36.9 Å². The van der Waals surface area contributed by atoms with Crippen LogP contribution < -0.4 is 0 Å². The lowest BCUT2D eigenvalue weighted by molar-refractivity contribution is -0.155. The Morgan fingerprint density at radius 3 is 2.84 bits per heavy atom. The quantitative estimate of drug-likeness (QED) is 0.261. The molecule has 3 saturated heterocycles. The SMILES string of the molecule is C=CCN(Cn1nnc2ccccc21)C(=O)C1N(CCCCO)C(=O)[C@@H]2[C@H](C(=O)OCC)[C@]3(C)CCC12S3. The fourth-order valence-electron chi connectivity index (χ4n) is 6.66. The number of esters is 1. The van der Waals surface area contributed by atoms with Gasteiger partial charge in [0.25, 0.3) is 0 Å². The van der Waals surface area contributed by atoms with E-state index in [1.54, 1.807) is 39.2 Å². The number of likely N-dealkylation sites (tertiary alicyclic amines) is 1. The van der Waals surface area contributed by atoms with E-state index in [0.717, 1.165) is 17.5 Å². The molecule has 0 saturated carbocycles. The highest BCUT2D eigenvalue weighted by Gasteiger charge is 2.77. The van der Waals surface area contributed by atoms with Crippen molar-refractivity contribution in [3.63, 3.8) is 0 Å². The number of carbonyl (C=O) groups is 3. The molecule has 11 heteroatoms. The number of amides is 2. The number of hydrogen-bond acceptors (Lipinski definition) is 8. The van der Waals surface area contributed by atoms with Crippen molar-refractivity contribution < 1.29 is 24.2 Å². The van der Waals surface area contributed by atoms with Gasteiger partial charge in [-0.3, -0.25) is 14.4 Å². The van der Waals surface area contributed by atoms with E-state index < -0.39 is 27.4 Å². The number of thioether (sulfide) groups is 1. The summed E-state index contributed by atoms with van der Waals surface area (Å²) in [5.41, 5.74) is 1.53. The molecular weight excluding hydrogens is 506 g/mol. The Morgan fingerprint density at radius 2 is 2.11 bits per heavy atom. The number of hydrogen-bond donors (Lipinski definition) is 1. The summed E-state index contributed by atoms with van der Waals surface area (Å²) >= 11 is 1.62. The second-order valence-corrected chi connectivity index (χ2v) is 12.4. The zero-order valence-electron chi connectivity index (χ0n) is 21.9. The zero-order valence-corrected chi connectivity index (χ0v) is 22.7. The number of benzene rings is 1. The van der Waals surface area contributed by atoms with Crippen molar-refractivity contribution in [1.82, 2.24) is 24.8 Å². The van der Waals surface area contributed by atoms with Gasteiger partial charge in [0, 0.05) is 24.4 Å². The molecule has 10 nitrogen and oxygen atoms in total. The number of aromatic nitrogens is 3. The van der Waals surface area contributed by atoms with Gasteiger partial charge in [-0.2, -0.15) is 0 Å². The maximum atomic E-state index is 14.5. The van der Waals surface area contributed by atoms with Crippen molar-refractivity contribution in [1.29, 1.82) is 0 Å². The maximum Gasteiger partial charge on any atom is 0.311 e. The van der Waals surface area contributed by atoms with Gasteiger partial charge in [0.1, 0.15) is 18.2 Å². The number of carbonyl (C=O) groups excluding carboxylic acids is 3. The first-order valence-corrected chi connectivity index (χ1v) is 14.1. The highest BCUT2D eigenvalue weighted by molar-refractivity contribution is 8.02. The van der Waals surface area contributed by atoms with Crippen LogP contribution in [0.25, 0.3) is 11.0 Å². The normalized spacial score (nSPS) is 29.6. The number of nitrogens with zero attached hydrogens (tertiary/aromatic N) is 5. The minimum Gasteiger partial charge on any atom is -0.466 e. The molecule has 1 aromatic heterocycles. The average molecular weight is 542 g/mol. The summed E-state index contributed by atoms with van der Waals surface area (Å²) in [4.78, 5) is 45.0. The molecule has 38 heavy (non-hydrogen) atoms. The van der Waals surface area contributed by atoms with Crippen LogP contribution in [0, 0.1) is 11.8 Å². The first-order valence-electron chi connectivity index (χ1n) is 13.3. The molecule has 2 amide bonds. The van der Waals surface area contributed by atoms with Crippen LogP contribution in [0.4, 0.5) is 0 Å². The van der Waals surface area contributed by atoms with E-state index in [9.17, 15) is 19.5 Å². The standard InChI is InChI=1S/C27H35N5O5S/c1-4-14-30(17-32-19-11-7-6-10-18(19)28-29-32)24(35)22-27-13-12-26(3,38-27)21(25(36)37-5-2)20(27)23(34)31(22)15-8-9-16-33/h4,6-7,10-11,20-22,33H,1,5,8-9,12-17H2,2-3H3/t20-,21+,22?,26-,27?/m0/s1. The van der Waals surface area contributed by atoms with E-state index in [4.69, 9.17) is 4.74 Å². The van der Waals surface area contributed by atoms with E-state index in [0.29, 0.717) is 25.8 Å². The molecule has 2 aromatic rings. The average Bonchev–Trinajstić information content (AvgIpc) is 3.60. The lowest BCUT2D eigenvalue weighted by Gasteiger charge is -2.37. The number of aliphatic hydroxyl groups excluding tert-OH is 1. The molecule has 204 valence electrons. The second kappa shape index (κ2) is 10.3. The van der Waals surface area contributed by atoms with Crippen LogP contribution >= 0.6 is 11.8 Å². The lowest BCUT2D eigenvalue weighted by Crippen LogP contribution is -2.55. The Hall–Kier alpha value is -2.92. The predicted octanol–water partition coefficient (Wildman–Crippen LogP) is 2.22. The summed E-state index contributed by atoms with van der Waals surface area (Å²) in [5.74, 6) is -1.93. The topological polar surface area (TPSA) is 118 Å². The maximum absolute atomic E-state index is 14.5. The largest absolute Gasteiger partial charge is 0.466 e. The van der Waals surface area contributed by atoms with Gasteiger partial charge in [0.2, 0.25) is 11.8 Å². The third-order valence-electron chi connectivity index (χ3n) is 8.24. The van der Waals surface area contributed by atoms with E-state index in [2.05, 4.69) is 16.9 Å². The number of fused-ring (bicyclic) bond motifs is 2. The molecule has 5 atom stereocenters. The minimum absolute atomic E-state index is 0.00937. The molecule has 1 aromatic carbocycles. The van der Waals surface area contributed by atoms with Gasteiger partial charge in [-0.25, -0.2) is 4.68 Å². The monoisotopic (exact) mass is 541 g/mol. The molecule has 1 spiro atoms. The van der Waals surface area contributed by atoms with Crippen molar-refractivity contribution in [3.8, 4) is 0 Å². The summed E-state index contributed by atoms with van der Waals surface area (Å²) in [6, 6.07) is 6.81. The summed E-state index contributed by atoms with van der Waals surface area (Å²) in [6.07, 6.45) is 4.16. The molecule has 3 aliphatic heterocycles. The fraction of sp³-hybridized carbons (Fsp3) is 0.593. The molecule has 3 aliphatic rings. The Bertz CT molecular complexity index is 1250. The molecular formula is C27H35N5O5S. The van der Waals surface area contributed by atoms with Crippen LogP contribution in [0.2, 0.25) is 0 Å². The number of unbranched alkanes of at least 4 members (excludes halogenated alkanes) is 1. The molecule has 2 unspecified atom stereocenters. The highest BCUT2D eigenvalue weighted by Crippen LogP contribution is 2.71. The molecule has 4 heterocycles. The zero-order chi connectivity index (χ0) is 27.1. The molecule has 2 bridgehead atoms. The van der Waals surface area contributed by atoms with Crippen molar-refractivity contribution in [3.05, 3.63) is 36.9 Å². The Balaban J connectivity index is 1.52. The summed E-state index contributed by atoms with van der Waals surface area (Å²) in [5, 5.41) is 17.9. The molecule has 3 fully saturated rings. The van der Waals surface area contributed by atoms with Crippen LogP contribution in [-0.2, 0) is 25.8 Å². The van der Waals surface area contributed by atoms with Gasteiger partial charge in [-0.1, -0.05) is 23.4 Å². The van der Waals surface area contributed by atoms with E-state index in [1.165, 1.54) is 0 Å². The first kappa shape index (κ1) is 26.7. The smallest absolute Gasteiger partial charge is 0.311 e. The fourth-order valence-corrected chi connectivity index (χ4v) is 9.00. The highest BCUT2D eigenvalue weighted by atomic mass is 32.2. The van der Waals surface area contributed by atoms with Gasteiger partial charge in [-0.05, 0) is 51.7 Å². The van der Waals surface area contributed by atoms with Gasteiger partial charge < -0.3 is 19.6 Å². The minimum atomic E-state index is -0.736. The molecule has 0 radical (unpaired) electrons.